The first-order chi connectivity index (χ1) is 10.4. The Bertz CT molecular complexity index is 747. The Labute approximate surface area is 131 Å². The fourth-order valence-corrected chi connectivity index (χ4v) is 3.02. The van der Waals surface area contributed by atoms with Crippen LogP contribution >= 0.6 is 0 Å². The monoisotopic (exact) mass is 317 g/mol. The number of benzene rings is 2. The second-order valence-corrected chi connectivity index (χ2v) is 6.87. The number of amides is 1. The number of rotatable bonds is 5. The lowest BCUT2D eigenvalue weighted by molar-refractivity contribution is -0.118. The molecule has 116 valence electrons. The van der Waals surface area contributed by atoms with Crippen LogP contribution in [-0.2, 0) is 27.7 Å². The summed E-state index contributed by atoms with van der Waals surface area (Å²) in [6, 6.07) is 13.9. The first-order valence-electron chi connectivity index (χ1n) is 7.11. The van der Waals surface area contributed by atoms with E-state index in [1.54, 1.807) is 12.1 Å². The van der Waals surface area contributed by atoms with Crippen molar-refractivity contribution in [3.05, 3.63) is 65.2 Å². The quantitative estimate of drug-likeness (QED) is 0.922. The van der Waals surface area contributed by atoms with Gasteiger partial charge < -0.3 is 0 Å². The van der Waals surface area contributed by atoms with E-state index in [9.17, 15) is 13.2 Å². The third kappa shape index (κ3) is 4.18. The minimum absolute atomic E-state index is 0.0368. The molecule has 1 N–H and O–H groups in total. The number of carbonyl (C=O) groups excluding carboxylic acids is 1. The molecule has 0 fully saturated rings. The van der Waals surface area contributed by atoms with Crippen LogP contribution in [0.4, 0.5) is 0 Å². The summed E-state index contributed by atoms with van der Waals surface area (Å²) in [5.41, 5.74) is 2.92. The molecule has 0 unspecified atom stereocenters. The van der Waals surface area contributed by atoms with E-state index in [1.807, 2.05) is 31.2 Å². The maximum absolute atomic E-state index is 12.1. The van der Waals surface area contributed by atoms with E-state index in [4.69, 9.17) is 0 Å². The third-order valence-corrected chi connectivity index (χ3v) is 4.76. The summed E-state index contributed by atoms with van der Waals surface area (Å²) in [5.74, 6) is -0.537. The van der Waals surface area contributed by atoms with E-state index >= 15 is 0 Å². The van der Waals surface area contributed by atoms with Gasteiger partial charge in [-0.1, -0.05) is 48.9 Å². The Morgan fingerprint density at radius 3 is 2.05 bits per heavy atom. The lowest BCUT2D eigenvalue weighted by Crippen LogP contribution is -2.31. The molecule has 5 heteroatoms. The van der Waals surface area contributed by atoms with E-state index in [2.05, 4.69) is 11.6 Å². The van der Waals surface area contributed by atoms with Crippen LogP contribution in [0.2, 0.25) is 0 Å². The number of sulfonamides is 1. The molecule has 0 aliphatic carbocycles. The van der Waals surface area contributed by atoms with Crippen molar-refractivity contribution in [2.24, 2.45) is 0 Å². The molecule has 2 aromatic carbocycles. The summed E-state index contributed by atoms with van der Waals surface area (Å²) in [5, 5.41) is 0. The smallest absolute Gasteiger partial charge is 0.264 e. The molecule has 0 aromatic heterocycles. The molecule has 0 radical (unpaired) electrons. The Morgan fingerprint density at radius 2 is 1.50 bits per heavy atom. The molecule has 4 nitrogen and oxygen atoms in total. The van der Waals surface area contributed by atoms with E-state index in [0.29, 0.717) is 0 Å². The predicted octanol–water partition coefficient (Wildman–Crippen LogP) is 2.61. The third-order valence-electron chi connectivity index (χ3n) is 3.38. The summed E-state index contributed by atoms with van der Waals surface area (Å²) in [6.45, 7) is 3.92. The van der Waals surface area contributed by atoms with Crippen LogP contribution in [0, 0.1) is 6.92 Å². The number of nitrogens with one attached hydrogen (secondary N) is 1. The van der Waals surface area contributed by atoms with Crippen molar-refractivity contribution in [2.45, 2.75) is 31.6 Å². The molecule has 0 bridgehead atoms. The molecule has 0 aliphatic heterocycles. The Hall–Kier alpha value is -2.14. The van der Waals surface area contributed by atoms with Crippen molar-refractivity contribution in [1.82, 2.24) is 4.72 Å². The normalized spacial score (nSPS) is 11.2. The lowest BCUT2D eigenvalue weighted by Gasteiger charge is -2.07. The topological polar surface area (TPSA) is 63.2 Å². The molecular weight excluding hydrogens is 298 g/mol. The summed E-state index contributed by atoms with van der Waals surface area (Å²) in [7, 11) is -3.81. The Morgan fingerprint density at radius 1 is 0.955 bits per heavy atom. The zero-order valence-electron chi connectivity index (χ0n) is 12.7. The van der Waals surface area contributed by atoms with Gasteiger partial charge in [-0.15, -0.1) is 0 Å². The van der Waals surface area contributed by atoms with Crippen molar-refractivity contribution in [3.63, 3.8) is 0 Å². The second kappa shape index (κ2) is 6.75. The van der Waals surface area contributed by atoms with Gasteiger partial charge in [0.2, 0.25) is 5.91 Å². The van der Waals surface area contributed by atoms with Gasteiger partial charge in [0.1, 0.15) is 0 Å². The van der Waals surface area contributed by atoms with Gasteiger partial charge in [-0.05, 0) is 36.6 Å². The highest BCUT2D eigenvalue weighted by Gasteiger charge is 2.17. The highest BCUT2D eigenvalue weighted by atomic mass is 32.2. The van der Waals surface area contributed by atoms with E-state index in [0.717, 1.165) is 17.5 Å². The number of hydrogen-bond donors (Lipinski definition) is 1. The molecular formula is C17H19NO3S. The van der Waals surface area contributed by atoms with Gasteiger partial charge in [0, 0.05) is 0 Å². The van der Waals surface area contributed by atoms with Gasteiger partial charge in [0.05, 0.1) is 11.3 Å². The van der Waals surface area contributed by atoms with Crippen LogP contribution in [-0.4, -0.2) is 14.3 Å². The lowest BCUT2D eigenvalue weighted by atomic mass is 10.1. The van der Waals surface area contributed by atoms with Crippen LogP contribution in [0.1, 0.15) is 23.6 Å². The fourth-order valence-electron chi connectivity index (χ4n) is 2.04. The van der Waals surface area contributed by atoms with Crippen LogP contribution in [0.15, 0.2) is 53.4 Å². The first-order valence-corrected chi connectivity index (χ1v) is 8.59. The molecule has 2 rings (SSSR count). The maximum Gasteiger partial charge on any atom is 0.264 e. The van der Waals surface area contributed by atoms with Crippen LogP contribution in [0.25, 0.3) is 0 Å². The van der Waals surface area contributed by atoms with Crippen LogP contribution in [0.5, 0.6) is 0 Å². The molecule has 0 spiro atoms. The average molecular weight is 317 g/mol. The zero-order chi connectivity index (χ0) is 16.2. The van der Waals surface area contributed by atoms with Crippen molar-refractivity contribution in [1.29, 1.82) is 0 Å². The van der Waals surface area contributed by atoms with Gasteiger partial charge >= 0.3 is 0 Å². The molecule has 0 saturated heterocycles. The second-order valence-electron chi connectivity index (χ2n) is 5.19. The standard InChI is InChI=1S/C17H19NO3S/c1-3-14-6-8-15(9-7-14)12-17(19)18-22(20,21)16-10-4-13(2)5-11-16/h4-11H,3,12H2,1-2H3,(H,18,19). The molecule has 22 heavy (non-hydrogen) atoms. The fraction of sp³-hybridized carbons (Fsp3) is 0.235. The van der Waals surface area contributed by atoms with Crippen LogP contribution < -0.4 is 4.72 Å². The van der Waals surface area contributed by atoms with Gasteiger partial charge in [-0.25, -0.2) is 13.1 Å². The van der Waals surface area contributed by atoms with E-state index in [1.165, 1.54) is 17.7 Å². The van der Waals surface area contributed by atoms with Crippen molar-refractivity contribution < 1.29 is 13.2 Å². The summed E-state index contributed by atoms with van der Waals surface area (Å²) < 4.78 is 26.3. The minimum atomic E-state index is -3.81. The predicted molar refractivity (Wildman–Crippen MR) is 86.0 cm³/mol. The van der Waals surface area contributed by atoms with Crippen molar-refractivity contribution >= 4 is 15.9 Å². The Kier molecular flexibility index (Phi) is 4.98. The van der Waals surface area contributed by atoms with Gasteiger partial charge in [0.15, 0.2) is 0 Å². The van der Waals surface area contributed by atoms with E-state index < -0.39 is 15.9 Å². The zero-order valence-corrected chi connectivity index (χ0v) is 13.5. The summed E-state index contributed by atoms with van der Waals surface area (Å²) >= 11 is 0. The SMILES string of the molecule is CCc1ccc(CC(=O)NS(=O)(=O)c2ccc(C)cc2)cc1. The number of hydrogen-bond acceptors (Lipinski definition) is 3. The molecule has 0 saturated carbocycles. The number of aryl methyl sites for hydroxylation is 2. The number of carbonyl (C=O) groups is 1. The Balaban J connectivity index is 2.05. The molecule has 0 atom stereocenters. The van der Waals surface area contributed by atoms with Gasteiger partial charge in [-0.3, -0.25) is 4.79 Å². The summed E-state index contributed by atoms with van der Waals surface area (Å²) in [6.07, 6.45) is 0.962. The largest absolute Gasteiger partial charge is 0.274 e. The molecule has 0 heterocycles. The highest BCUT2D eigenvalue weighted by Crippen LogP contribution is 2.11. The van der Waals surface area contributed by atoms with Crippen molar-refractivity contribution in [2.75, 3.05) is 0 Å². The van der Waals surface area contributed by atoms with Crippen LogP contribution in [0.3, 0.4) is 0 Å². The minimum Gasteiger partial charge on any atom is -0.274 e. The molecule has 0 aliphatic rings. The van der Waals surface area contributed by atoms with Gasteiger partial charge in [-0.2, -0.15) is 0 Å². The van der Waals surface area contributed by atoms with Crippen molar-refractivity contribution in [3.8, 4) is 0 Å². The summed E-state index contributed by atoms with van der Waals surface area (Å²) in [4.78, 5) is 12.0. The molecule has 2 aromatic rings. The highest BCUT2D eigenvalue weighted by molar-refractivity contribution is 7.90. The molecule has 1 amide bonds. The van der Waals surface area contributed by atoms with Gasteiger partial charge in [0.25, 0.3) is 10.0 Å². The maximum atomic E-state index is 12.1. The van der Waals surface area contributed by atoms with E-state index in [-0.39, 0.29) is 11.3 Å². The first kappa shape index (κ1) is 16.2. The average Bonchev–Trinajstić information content (AvgIpc) is 2.48.